The zero-order valence-electron chi connectivity index (χ0n) is 15.4. The average Bonchev–Trinajstić information content (AvgIpc) is 3.08. The van der Waals surface area contributed by atoms with Crippen LogP contribution in [0.5, 0.6) is 0 Å². The molecule has 2 aliphatic heterocycles. The predicted octanol–water partition coefficient (Wildman–Crippen LogP) is 2.28. The fourth-order valence-electron chi connectivity index (χ4n) is 3.69. The van der Waals surface area contributed by atoms with Gasteiger partial charge >= 0.3 is 0 Å². The summed E-state index contributed by atoms with van der Waals surface area (Å²) >= 11 is 0. The van der Waals surface area contributed by atoms with Crippen LogP contribution in [0.15, 0.2) is 30.6 Å². The summed E-state index contributed by atoms with van der Waals surface area (Å²) < 4.78 is 41.1. The van der Waals surface area contributed by atoms with Crippen molar-refractivity contribution in [2.45, 2.75) is 19.0 Å². The highest BCUT2D eigenvalue weighted by atomic mass is 19.3. The van der Waals surface area contributed by atoms with Gasteiger partial charge in [-0.1, -0.05) is 12.1 Å². The van der Waals surface area contributed by atoms with Crippen molar-refractivity contribution >= 4 is 17.3 Å². The Morgan fingerprint density at radius 3 is 2.25 bits per heavy atom. The Labute approximate surface area is 161 Å². The zero-order valence-corrected chi connectivity index (χ0v) is 15.4. The zero-order chi connectivity index (χ0) is 19.7. The normalized spacial score (nSPS) is 19.4. The number of aliphatic hydroxyl groups is 1. The summed E-state index contributed by atoms with van der Waals surface area (Å²) in [6, 6.07) is 5.03. The molecular weight excluding hydrogens is 371 g/mol. The number of benzene rings is 1. The maximum Gasteiger partial charge on any atom is 0.267 e. The Bertz CT molecular complexity index is 825. The molecule has 2 saturated heterocycles. The van der Waals surface area contributed by atoms with E-state index in [2.05, 4.69) is 14.9 Å². The van der Waals surface area contributed by atoms with E-state index in [0.29, 0.717) is 37.8 Å². The summed E-state index contributed by atoms with van der Waals surface area (Å²) in [7, 11) is 0. The second-order valence-electron chi connectivity index (χ2n) is 7.15. The molecule has 6 nitrogen and oxygen atoms in total. The topological polar surface area (TPSA) is 55.7 Å². The van der Waals surface area contributed by atoms with E-state index in [1.54, 1.807) is 30.6 Å². The molecule has 0 atom stereocenters. The van der Waals surface area contributed by atoms with Gasteiger partial charge in [-0.2, -0.15) is 0 Å². The number of alkyl halides is 2. The number of hydrogen-bond donors (Lipinski definition) is 1. The molecule has 9 heteroatoms. The summed E-state index contributed by atoms with van der Waals surface area (Å²) in [6.07, 6.45) is 3.14. The van der Waals surface area contributed by atoms with Gasteiger partial charge in [0.2, 0.25) is 5.95 Å². The van der Waals surface area contributed by atoms with E-state index in [1.807, 2.05) is 4.90 Å². The van der Waals surface area contributed by atoms with E-state index < -0.39 is 5.92 Å². The van der Waals surface area contributed by atoms with Gasteiger partial charge in [0, 0.05) is 44.7 Å². The second kappa shape index (κ2) is 7.46. The molecule has 0 aliphatic carbocycles. The lowest BCUT2D eigenvalue weighted by Gasteiger charge is -2.37. The third-order valence-electron chi connectivity index (χ3n) is 5.29. The Morgan fingerprint density at radius 2 is 1.64 bits per heavy atom. The smallest absolute Gasteiger partial charge is 0.267 e. The molecule has 1 aromatic carbocycles. The maximum absolute atomic E-state index is 14.4. The van der Waals surface area contributed by atoms with Gasteiger partial charge in [0.15, 0.2) is 5.82 Å². The summed E-state index contributed by atoms with van der Waals surface area (Å²) in [5.74, 6) is -2.74. The summed E-state index contributed by atoms with van der Waals surface area (Å²) in [4.78, 5) is 14.0. The standard InChI is InChI=1S/C19H22F3N5O/c20-17-14(12-28)2-1-3-16(17)26-8-6-25(7-9-26)15-10-23-18(24-11-15)27-5-4-19(21,22)13-27/h1-3,10-11,28H,4-9,12-13H2. The van der Waals surface area contributed by atoms with E-state index in [1.165, 1.54) is 4.90 Å². The largest absolute Gasteiger partial charge is 0.392 e. The number of piperazine rings is 1. The first-order chi connectivity index (χ1) is 13.5. The molecular formula is C19H22F3N5O. The molecule has 0 amide bonds. The molecule has 0 spiro atoms. The van der Waals surface area contributed by atoms with Crippen molar-refractivity contribution < 1.29 is 18.3 Å². The fraction of sp³-hybridized carbons (Fsp3) is 0.474. The van der Waals surface area contributed by atoms with Crippen LogP contribution in [0.3, 0.4) is 0 Å². The number of nitrogens with zero attached hydrogens (tertiary/aromatic N) is 5. The van der Waals surface area contributed by atoms with Crippen molar-refractivity contribution in [2.24, 2.45) is 0 Å². The molecule has 2 aliphatic rings. The molecule has 0 bridgehead atoms. The Balaban J connectivity index is 1.39. The highest BCUT2D eigenvalue weighted by molar-refractivity contribution is 5.53. The monoisotopic (exact) mass is 393 g/mol. The molecule has 0 saturated carbocycles. The number of rotatable bonds is 4. The number of anilines is 3. The molecule has 1 aromatic heterocycles. The number of halogens is 3. The minimum absolute atomic E-state index is 0.173. The van der Waals surface area contributed by atoms with Crippen molar-refractivity contribution in [1.29, 1.82) is 0 Å². The minimum atomic E-state index is -2.68. The average molecular weight is 393 g/mol. The van der Waals surface area contributed by atoms with Crippen LogP contribution in [0.1, 0.15) is 12.0 Å². The van der Waals surface area contributed by atoms with E-state index in [-0.39, 0.29) is 37.5 Å². The molecule has 4 rings (SSSR count). The molecule has 2 fully saturated rings. The van der Waals surface area contributed by atoms with Crippen molar-refractivity contribution in [3.63, 3.8) is 0 Å². The fourth-order valence-corrected chi connectivity index (χ4v) is 3.69. The predicted molar refractivity (Wildman–Crippen MR) is 101 cm³/mol. The Morgan fingerprint density at radius 1 is 0.964 bits per heavy atom. The van der Waals surface area contributed by atoms with Crippen LogP contribution >= 0.6 is 0 Å². The van der Waals surface area contributed by atoms with Crippen LogP contribution in [-0.4, -0.2) is 60.3 Å². The van der Waals surface area contributed by atoms with Crippen molar-refractivity contribution in [2.75, 3.05) is 54.0 Å². The molecule has 2 aromatic rings. The van der Waals surface area contributed by atoms with Crippen LogP contribution in [-0.2, 0) is 6.61 Å². The first-order valence-electron chi connectivity index (χ1n) is 9.30. The third kappa shape index (κ3) is 3.71. The van der Waals surface area contributed by atoms with Crippen molar-refractivity contribution in [1.82, 2.24) is 9.97 Å². The molecule has 1 N–H and O–H groups in total. The highest BCUT2D eigenvalue weighted by Gasteiger charge is 2.39. The SMILES string of the molecule is OCc1cccc(N2CCN(c3cnc(N4CCC(F)(F)C4)nc3)CC2)c1F. The molecule has 0 radical (unpaired) electrons. The molecule has 150 valence electrons. The van der Waals surface area contributed by atoms with E-state index in [0.717, 1.165) is 5.69 Å². The van der Waals surface area contributed by atoms with Gasteiger partial charge in [0.1, 0.15) is 0 Å². The first kappa shape index (κ1) is 18.8. The maximum atomic E-state index is 14.4. The lowest BCUT2D eigenvalue weighted by molar-refractivity contribution is 0.0256. The summed E-state index contributed by atoms with van der Waals surface area (Å²) in [6.45, 7) is 2.14. The van der Waals surface area contributed by atoms with Gasteiger partial charge in [0.25, 0.3) is 5.92 Å². The van der Waals surface area contributed by atoms with Crippen LogP contribution in [0, 0.1) is 5.82 Å². The molecule has 0 unspecified atom stereocenters. The van der Waals surface area contributed by atoms with Crippen LogP contribution < -0.4 is 14.7 Å². The third-order valence-corrected chi connectivity index (χ3v) is 5.29. The summed E-state index contributed by atoms with van der Waals surface area (Å²) in [5, 5.41) is 9.24. The van der Waals surface area contributed by atoms with Crippen LogP contribution in [0.25, 0.3) is 0 Å². The number of hydrogen-bond acceptors (Lipinski definition) is 6. The summed E-state index contributed by atoms with van der Waals surface area (Å²) in [5.41, 5.74) is 1.60. The molecule has 3 heterocycles. The van der Waals surface area contributed by atoms with Gasteiger partial charge in [0.05, 0.1) is 36.9 Å². The Hall–Kier alpha value is -2.55. The first-order valence-corrected chi connectivity index (χ1v) is 9.30. The van der Waals surface area contributed by atoms with Gasteiger partial charge in [-0.3, -0.25) is 0 Å². The van der Waals surface area contributed by atoms with Gasteiger partial charge in [-0.25, -0.2) is 23.1 Å². The number of aliphatic hydroxyl groups excluding tert-OH is 1. The number of aromatic nitrogens is 2. The Kier molecular flexibility index (Phi) is 5.01. The van der Waals surface area contributed by atoms with Crippen LogP contribution in [0.2, 0.25) is 0 Å². The van der Waals surface area contributed by atoms with Crippen molar-refractivity contribution in [3.8, 4) is 0 Å². The highest BCUT2D eigenvalue weighted by Crippen LogP contribution is 2.30. The van der Waals surface area contributed by atoms with E-state index >= 15 is 0 Å². The molecule has 28 heavy (non-hydrogen) atoms. The van der Waals surface area contributed by atoms with Gasteiger partial charge in [-0.05, 0) is 6.07 Å². The van der Waals surface area contributed by atoms with Gasteiger partial charge < -0.3 is 19.8 Å². The minimum Gasteiger partial charge on any atom is -0.392 e. The lowest BCUT2D eigenvalue weighted by atomic mass is 10.1. The lowest BCUT2D eigenvalue weighted by Crippen LogP contribution is -2.47. The quantitative estimate of drug-likeness (QED) is 0.860. The van der Waals surface area contributed by atoms with E-state index in [9.17, 15) is 18.3 Å². The van der Waals surface area contributed by atoms with Crippen LogP contribution in [0.4, 0.5) is 30.5 Å². The van der Waals surface area contributed by atoms with Crippen molar-refractivity contribution in [3.05, 3.63) is 42.0 Å². The second-order valence-corrected chi connectivity index (χ2v) is 7.15. The van der Waals surface area contributed by atoms with E-state index in [4.69, 9.17) is 0 Å². The van der Waals surface area contributed by atoms with Gasteiger partial charge in [-0.15, -0.1) is 0 Å².